The standard InChI is InChI=1S/C20H31F3N4O2S/c1-4-24-19(25-14-18(15(2)3)16-8-6-5-7-9-16)26-17-10-12-27(13-11-17)30(28,29)20(21,22)23/h5-9,15,17-18H,4,10-14H2,1-3H3,(H2,24,25,26). The lowest BCUT2D eigenvalue weighted by Crippen LogP contribution is -2.51. The molecule has 0 radical (unpaired) electrons. The summed E-state index contributed by atoms with van der Waals surface area (Å²) in [6.07, 6.45) is 0.567. The van der Waals surface area contributed by atoms with E-state index in [0.29, 0.717) is 29.3 Å². The lowest BCUT2D eigenvalue weighted by molar-refractivity contribution is -0.0494. The van der Waals surface area contributed by atoms with Gasteiger partial charge in [-0.25, -0.2) is 8.42 Å². The molecule has 1 saturated heterocycles. The molecule has 0 bridgehead atoms. The third kappa shape index (κ3) is 6.34. The number of nitrogens with one attached hydrogen (secondary N) is 2. The van der Waals surface area contributed by atoms with Crippen molar-refractivity contribution in [2.45, 2.75) is 51.1 Å². The molecule has 1 atom stereocenters. The highest BCUT2D eigenvalue weighted by Gasteiger charge is 2.50. The highest BCUT2D eigenvalue weighted by atomic mass is 32.2. The van der Waals surface area contributed by atoms with Gasteiger partial charge in [-0.1, -0.05) is 44.2 Å². The zero-order valence-electron chi connectivity index (χ0n) is 17.6. The molecule has 0 amide bonds. The topological polar surface area (TPSA) is 73.8 Å². The van der Waals surface area contributed by atoms with E-state index in [2.05, 4.69) is 36.6 Å². The average Bonchev–Trinajstić information content (AvgIpc) is 2.68. The summed E-state index contributed by atoms with van der Waals surface area (Å²) in [5.41, 5.74) is -4.05. The Morgan fingerprint density at radius 2 is 1.80 bits per heavy atom. The number of sulfonamides is 1. The molecule has 1 aromatic carbocycles. The van der Waals surface area contributed by atoms with E-state index in [4.69, 9.17) is 4.99 Å². The summed E-state index contributed by atoms with van der Waals surface area (Å²) in [7, 11) is -5.26. The summed E-state index contributed by atoms with van der Waals surface area (Å²) in [5.74, 6) is 1.21. The van der Waals surface area contributed by atoms with Gasteiger partial charge >= 0.3 is 15.5 Å². The first-order chi connectivity index (χ1) is 14.1. The minimum absolute atomic E-state index is 0.142. The molecule has 2 rings (SSSR count). The number of benzene rings is 1. The highest BCUT2D eigenvalue weighted by Crippen LogP contribution is 2.29. The maximum Gasteiger partial charge on any atom is 0.511 e. The number of piperidine rings is 1. The quantitative estimate of drug-likeness (QED) is 0.496. The SMILES string of the molecule is CCNC(=NCC(c1ccccc1)C(C)C)NC1CCN(S(=O)(=O)C(F)(F)F)CC1. The number of hydrogen-bond donors (Lipinski definition) is 2. The second kappa shape index (κ2) is 10.5. The van der Waals surface area contributed by atoms with Gasteiger partial charge in [-0.05, 0) is 31.2 Å². The van der Waals surface area contributed by atoms with E-state index in [0.717, 1.165) is 0 Å². The van der Waals surface area contributed by atoms with Crippen LogP contribution < -0.4 is 10.6 Å². The highest BCUT2D eigenvalue weighted by molar-refractivity contribution is 7.90. The van der Waals surface area contributed by atoms with Crippen LogP contribution in [0.25, 0.3) is 0 Å². The number of rotatable bonds is 7. The Labute approximate surface area is 177 Å². The zero-order valence-corrected chi connectivity index (χ0v) is 18.4. The first-order valence-corrected chi connectivity index (χ1v) is 11.7. The van der Waals surface area contributed by atoms with Crippen LogP contribution in [0.2, 0.25) is 0 Å². The number of aliphatic imine (C=N–C) groups is 1. The summed E-state index contributed by atoms with van der Waals surface area (Å²) in [4.78, 5) is 4.70. The molecule has 2 N–H and O–H groups in total. The molecule has 0 saturated carbocycles. The van der Waals surface area contributed by atoms with Gasteiger partial charge in [-0.2, -0.15) is 17.5 Å². The van der Waals surface area contributed by atoms with E-state index in [1.165, 1.54) is 5.56 Å². The summed E-state index contributed by atoms with van der Waals surface area (Å²) >= 11 is 0. The molecular weight excluding hydrogens is 417 g/mol. The van der Waals surface area contributed by atoms with E-state index >= 15 is 0 Å². The second-order valence-electron chi connectivity index (χ2n) is 7.75. The van der Waals surface area contributed by atoms with E-state index in [-0.39, 0.29) is 37.9 Å². The molecule has 6 nitrogen and oxygen atoms in total. The molecular formula is C20H31F3N4O2S. The first kappa shape index (κ1) is 24.5. The van der Waals surface area contributed by atoms with Crippen LogP contribution in [-0.2, 0) is 10.0 Å². The molecule has 0 aliphatic carbocycles. The van der Waals surface area contributed by atoms with Crippen molar-refractivity contribution in [3.63, 3.8) is 0 Å². The van der Waals surface area contributed by atoms with Crippen molar-refractivity contribution in [2.75, 3.05) is 26.2 Å². The van der Waals surface area contributed by atoms with Gasteiger partial charge < -0.3 is 10.6 Å². The van der Waals surface area contributed by atoms with Crippen LogP contribution in [0.15, 0.2) is 35.3 Å². The van der Waals surface area contributed by atoms with Crippen molar-refractivity contribution < 1.29 is 21.6 Å². The van der Waals surface area contributed by atoms with Crippen LogP contribution in [0.1, 0.15) is 45.1 Å². The fourth-order valence-electron chi connectivity index (χ4n) is 3.49. The largest absolute Gasteiger partial charge is 0.511 e. The molecule has 0 spiro atoms. The third-order valence-corrected chi connectivity index (χ3v) is 6.88. The van der Waals surface area contributed by atoms with E-state index in [1.807, 2.05) is 25.1 Å². The van der Waals surface area contributed by atoms with Gasteiger partial charge in [0.2, 0.25) is 0 Å². The lowest BCUT2D eigenvalue weighted by Gasteiger charge is -2.32. The van der Waals surface area contributed by atoms with Gasteiger partial charge in [0, 0.05) is 38.1 Å². The van der Waals surface area contributed by atoms with Gasteiger partial charge in [-0.3, -0.25) is 4.99 Å². The van der Waals surface area contributed by atoms with Crippen molar-refractivity contribution in [1.82, 2.24) is 14.9 Å². The van der Waals surface area contributed by atoms with Gasteiger partial charge in [0.15, 0.2) is 5.96 Å². The molecule has 1 fully saturated rings. The van der Waals surface area contributed by atoms with Crippen molar-refractivity contribution >= 4 is 16.0 Å². The number of halogens is 3. The maximum absolute atomic E-state index is 12.7. The Balaban J connectivity index is 2.01. The molecule has 0 aromatic heterocycles. The number of alkyl halides is 3. The van der Waals surface area contributed by atoms with Gasteiger partial charge in [0.1, 0.15) is 0 Å². The number of hydrogen-bond acceptors (Lipinski definition) is 3. The Kier molecular flexibility index (Phi) is 8.54. The minimum Gasteiger partial charge on any atom is -0.357 e. The van der Waals surface area contributed by atoms with Crippen molar-refractivity contribution in [3.05, 3.63) is 35.9 Å². The van der Waals surface area contributed by atoms with Gasteiger partial charge in [0.05, 0.1) is 0 Å². The number of nitrogens with zero attached hydrogens (tertiary/aromatic N) is 2. The monoisotopic (exact) mass is 448 g/mol. The Morgan fingerprint density at radius 3 is 2.30 bits per heavy atom. The predicted octanol–water partition coefficient (Wildman–Crippen LogP) is 3.30. The normalized spacial score (nSPS) is 18.4. The summed E-state index contributed by atoms with van der Waals surface area (Å²) in [6.45, 7) is 7.10. The maximum atomic E-state index is 12.7. The van der Waals surface area contributed by atoms with E-state index < -0.39 is 15.5 Å². The lowest BCUT2D eigenvalue weighted by atomic mass is 9.88. The first-order valence-electron chi connectivity index (χ1n) is 10.2. The van der Waals surface area contributed by atoms with Crippen LogP contribution in [0, 0.1) is 5.92 Å². The smallest absolute Gasteiger partial charge is 0.357 e. The van der Waals surface area contributed by atoms with E-state index in [1.54, 1.807) is 0 Å². The molecule has 1 unspecified atom stereocenters. The Hall–Kier alpha value is -1.81. The molecule has 30 heavy (non-hydrogen) atoms. The van der Waals surface area contributed by atoms with Crippen LogP contribution in [-0.4, -0.2) is 56.4 Å². The number of guanidine groups is 1. The Bertz CT molecular complexity index is 790. The zero-order chi connectivity index (χ0) is 22.4. The van der Waals surface area contributed by atoms with Crippen molar-refractivity contribution in [3.8, 4) is 0 Å². The molecule has 10 heteroatoms. The van der Waals surface area contributed by atoms with Crippen molar-refractivity contribution in [2.24, 2.45) is 10.9 Å². The minimum atomic E-state index is -5.26. The van der Waals surface area contributed by atoms with Crippen LogP contribution >= 0.6 is 0 Å². The summed E-state index contributed by atoms with van der Waals surface area (Å²) in [6, 6.07) is 9.99. The van der Waals surface area contributed by atoms with Crippen LogP contribution in [0.5, 0.6) is 0 Å². The third-order valence-electron chi connectivity index (χ3n) is 5.25. The Morgan fingerprint density at radius 1 is 1.20 bits per heavy atom. The fraction of sp³-hybridized carbons (Fsp3) is 0.650. The van der Waals surface area contributed by atoms with Crippen molar-refractivity contribution in [1.29, 1.82) is 0 Å². The second-order valence-corrected chi connectivity index (χ2v) is 9.68. The van der Waals surface area contributed by atoms with E-state index in [9.17, 15) is 21.6 Å². The molecule has 1 aliphatic heterocycles. The van der Waals surface area contributed by atoms with Gasteiger partial charge in [0.25, 0.3) is 0 Å². The molecule has 170 valence electrons. The average molecular weight is 449 g/mol. The summed E-state index contributed by atoms with van der Waals surface area (Å²) < 4.78 is 61.8. The molecule has 1 heterocycles. The van der Waals surface area contributed by atoms with Gasteiger partial charge in [-0.15, -0.1) is 0 Å². The predicted molar refractivity (Wildman–Crippen MR) is 113 cm³/mol. The molecule has 1 aliphatic rings. The van der Waals surface area contributed by atoms with Crippen LogP contribution in [0.3, 0.4) is 0 Å². The molecule has 1 aromatic rings. The fourth-order valence-corrected chi connectivity index (χ4v) is 4.48. The van der Waals surface area contributed by atoms with Crippen LogP contribution in [0.4, 0.5) is 13.2 Å². The summed E-state index contributed by atoms with van der Waals surface area (Å²) in [5, 5.41) is 6.42.